The lowest BCUT2D eigenvalue weighted by molar-refractivity contribution is -0.130. The van der Waals surface area contributed by atoms with Gasteiger partial charge in [-0.3, -0.25) is 9.59 Å². The number of rotatable bonds is 4. The smallest absolute Gasteiger partial charge is 0.140 e. The van der Waals surface area contributed by atoms with Gasteiger partial charge in [0.05, 0.1) is 5.92 Å². The van der Waals surface area contributed by atoms with E-state index in [1.807, 2.05) is 31.2 Å². The fourth-order valence-electron chi connectivity index (χ4n) is 1.63. The summed E-state index contributed by atoms with van der Waals surface area (Å²) in [6.45, 7) is 4.95. The van der Waals surface area contributed by atoms with E-state index in [0.29, 0.717) is 6.42 Å². The molecule has 1 rings (SSSR count). The molecule has 15 heavy (non-hydrogen) atoms. The minimum Gasteiger partial charge on any atom is -0.299 e. The van der Waals surface area contributed by atoms with E-state index < -0.39 is 5.92 Å². The number of Topliss-reactive ketones (excluding diaryl/α,β-unsaturated/α-hetero) is 2. The zero-order valence-corrected chi connectivity index (χ0v) is 9.41. The first kappa shape index (κ1) is 11.6. The van der Waals surface area contributed by atoms with Crippen LogP contribution < -0.4 is 0 Å². The summed E-state index contributed by atoms with van der Waals surface area (Å²) in [5.41, 5.74) is 2.21. The minimum absolute atomic E-state index is 0.0502. The van der Waals surface area contributed by atoms with Crippen LogP contribution in [-0.4, -0.2) is 11.6 Å². The average molecular weight is 204 g/mol. The second-order valence-electron chi connectivity index (χ2n) is 3.90. The molecule has 2 heteroatoms. The van der Waals surface area contributed by atoms with Gasteiger partial charge in [0.1, 0.15) is 11.6 Å². The van der Waals surface area contributed by atoms with Crippen LogP contribution in [0.1, 0.15) is 25.0 Å². The van der Waals surface area contributed by atoms with Gasteiger partial charge in [0.25, 0.3) is 0 Å². The molecule has 0 heterocycles. The maximum absolute atomic E-state index is 11.3. The molecule has 0 aromatic heterocycles. The Labute approximate surface area is 90.3 Å². The van der Waals surface area contributed by atoms with Crippen molar-refractivity contribution in [2.75, 3.05) is 0 Å². The number of carbonyl (C=O) groups excluding carboxylic acids is 2. The fraction of sp³-hybridized carbons (Fsp3) is 0.385. The summed E-state index contributed by atoms with van der Waals surface area (Å²) < 4.78 is 0. The molecular formula is C13H16O2. The van der Waals surface area contributed by atoms with Gasteiger partial charge in [-0.25, -0.2) is 0 Å². The summed E-state index contributed by atoms with van der Waals surface area (Å²) in [6.07, 6.45) is 0.525. The highest BCUT2D eigenvalue weighted by Gasteiger charge is 2.20. The van der Waals surface area contributed by atoms with Crippen LogP contribution in [0.2, 0.25) is 0 Å². The molecule has 1 aromatic carbocycles. The highest BCUT2D eigenvalue weighted by Crippen LogP contribution is 2.14. The van der Waals surface area contributed by atoms with Gasteiger partial charge in [0.2, 0.25) is 0 Å². The van der Waals surface area contributed by atoms with Crippen LogP contribution >= 0.6 is 0 Å². The number of hydrogen-bond acceptors (Lipinski definition) is 2. The first-order valence-electron chi connectivity index (χ1n) is 5.07. The predicted octanol–water partition coefficient (Wildman–Crippen LogP) is 2.33. The SMILES string of the molecule is CC(=O)C(Cc1ccccc1C)C(C)=O. The van der Waals surface area contributed by atoms with Crippen LogP contribution in [0.4, 0.5) is 0 Å². The van der Waals surface area contributed by atoms with Crippen LogP contribution in [0.25, 0.3) is 0 Å². The second-order valence-corrected chi connectivity index (χ2v) is 3.90. The number of ketones is 2. The van der Waals surface area contributed by atoms with Crippen molar-refractivity contribution in [2.24, 2.45) is 5.92 Å². The highest BCUT2D eigenvalue weighted by atomic mass is 16.1. The molecule has 0 aliphatic carbocycles. The zero-order valence-electron chi connectivity index (χ0n) is 9.41. The van der Waals surface area contributed by atoms with E-state index in [4.69, 9.17) is 0 Å². The van der Waals surface area contributed by atoms with Crippen molar-refractivity contribution in [1.82, 2.24) is 0 Å². The quantitative estimate of drug-likeness (QED) is 0.705. The summed E-state index contributed by atoms with van der Waals surface area (Å²) in [6, 6.07) is 7.84. The lowest BCUT2D eigenvalue weighted by Gasteiger charge is -2.11. The van der Waals surface area contributed by atoms with E-state index in [2.05, 4.69) is 0 Å². The molecule has 0 spiro atoms. The standard InChI is InChI=1S/C13H16O2/c1-9-6-4-5-7-12(9)8-13(10(2)14)11(3)15/h4-7,13H,8H2,1-3H3. The molecule has 0 aliphatic heterocycles. The van der Waals surface area contributed by atoms with Crippen LogP contribution in [0.5, 0.6) is 0 Å². The third-order valence-corrected chi connectivity index (χ3v) is 2.67. The Hall–Kier alpha value is -1.44. The van der Waals surface area contributed by atoms with Gasteiger partial charge in [-0.1, -0.05) is 24.3 Å². The van der Waals surface area contributed by atoms with E-state index in [1.165, 1.54) is 13.8 Å². The van der Waals surface area contributed by atoms with Crippen molar-refractivity contribution < 1.29 is 9.59 Å². The van der Waals surface area contributed by atoms with Crippen molar-refractivity contribution in [2.45, 2.75) is 27.2 Å². The summed E-state index contributed by atoms with van der Waals surface area (Å²) in [5, 5.41) is 0. The Balaban J connectivity index is 2.88. The van der Waals surface area contributed by atoms with E-state index >= 15 is 0 Å². The van der Waals surface area contributed by atoms with E-state index in [-0.39, 0.29) is 11.6 Å². The van der Waals surface area contributed by atoms with Crippen LogP contribution in [0, 0.1) is 12.8 Å². The Bertz CT molecular complexity index is 366. The number of hydrogen-bond donors (Lipinski definition) is 0. The zero-order chi connectivity index (χ0) is 11.4. The molecular weight excluding hydrogens is 188 g/mol. The molecule has 0 N–H and O–H groups in total. The third kappa shape index (κ3) is 3.01. The molecule has 0 fully saturated rings. The van der Waals surface area contributed by atoms with Gasteiger partial charge in [0, 0.05) is 0 Å². The van der Waals surface area contributed by atoms with Gasteiger partial charge in [-0.2, -0.15) is 0 Å². The second kappa shape index (κ2) is 4.87. The molecule has 0 amide bonds. The van der Waals surface area contributed by atoms with Gasteiger partial charge in [-0.15, -0.1) is 0 Å². The average Bonchev–Trinajstić information content (AvgIpc) is 2.15. The Morgan fingerprint density at radius 2 is 1.67 bits per heavy atom. The molecule has 0 saturated heterocycles. The van der Waals surface area contributed by atoms with Crippen LogP contribution in [-0.2, 0) is 16.0 Å². The number of carbonyl (C=O) groups is 2. The highest BCUT2D eigenvalue weighted by molar-refractivity contribution is 6.00. The van der Waals surface area contributed by atoms with Crippen molar-refractivity contribution >= 4 is 11.6 Å². The van der Waals surface area contributed by atoms with Crippen molar-refractivity contribution in [3.63, 3.8) is 0 Å². The maximum Gasteiger partial charge on any atom is 0.140 e. The lowest BCUT2D eigenvalue weighted by atomic mass is 9.91. The predicted molar refractivity (Wildman–Crippen MR) is 59.7 cm³/mol. The van der Waals surface area contributed by atoms with Gasteiger partial charge in [0.15, 0.2) is 0 Å². The minimum atomic E-state index is -0.480. The molecule has 0 unspecified atom stereocenters. The lowest BCUT2D eigenvalue weighted by Crippen LogP contribution is -2.22. The largest absolute Gasteiger partial charge is 0.299 e. The van der Waals surface area contributed by atoms with E-state index in [1.54, 1.807) is 0 Å². The summed E-state index contributed by atoms with van der Waals surface area (Å²) in [4.78, 5) is 22.6. The third-order valence-electron chi connectivity index (χ3n) is 2.67. The first-order chi connectivity index (χ1) is 7.02. The van der Waals surface area contributed by atoms with E-state index in [9.17, 15) is 9.59 Å². The number of aryl methyl sites for hydroxylation is 1. The molecule has 1 aromatic rings. The molecule has 80 valence electrons. The summed E-state index contributed by atoms with van der Waals surface area (Å²) >= 11 is 0. The Kier molecular flexibility index (Phi) is 3.78. The Morgan fingerprint density at radius 1 is 1.13 bits per heavy atom. The fourth-order valence-corrected chi connectivity index (χ4v) is 1.63. The Morgan fingerprint density at radius 3 is 2.13 bits per heavy atom. The molecule has 0 bridgehead atoms. The number of benzene rings is 1. The topological polar surface area (TPSA) is 34.1 Å². The molecule has 0 aliphatic rings. The monoisotopic (exact) mass is 204 g/mol. The van der Waals surface area contributed by atoms with Gasteiger partial charge >= 0.3 is 0 Å². The van der Waals surface area contributed by atoms with Gasteiger partial charge in [-0.05, 0) is 38.3 Å². The summed E-state index contributed by atoms with van der Waals surface area (Å²) in [5.74, 6) is -0.581. The van der Waals surface area contributed by atoms with Crippen molar-refractivity contribution in [3.05, 3.63) is 35.4 Å². The van der Waals surface area contributed by atoms with Crippen LogP contribution in [0.3, 0.4) is 0 Å². The van der Waals surface area contributed by atoms with Crippen molar-refractivity contribution in [1.29, 1.82) is 0 Å². The molecule has 2 nitrogen and oxygen atoms in total. The maximum atomic E-state index is 11.3. The van der Waals surface area contributed by atoms with Gasteiger partial charge < -0.3 is 0 Å². The van der Waals surface area contributed by atoms with Crippen molar-refractivity contribution in [3.8, 4) is 0 Å². The molecule has 0 saturated carbocycles. The van der Waals surface area contributed by atoms with E-state index in [0.717, 1.165) is 11.1 Å². The normalized spacial score (nSPS) is 10.4. The first-order valence-corrected chi connectivity index (χ1v) is 5.07. The molecule has 0 atom stereocenters. The molecule has 0 radical (unpaired) electrons. The van der Waals surface area contributed by atoms with Crippen LogP contribution in [0.15, 0.2) is 24.3 Å². The summed E-state index contributed by atoms with van der Waals surface area (Å²) in [7, 11) is 0.